The lowest BCUT2D eigenvalue weighted by Crippen LogP contribution is -2.37. The average molecular weight is 469 g/mol. The van der Waals surface area contributed by atoms with E-state index in [4.69, 9.17) is 24.2 Å². The average Bonchev–Trinajstić information content (AvgIpc) is 3.58. The molecule has 3 heterocycles. The molecule has 3 fully saturated rings. The number of morpholine rings is 1. The van der Waals surface area contributed by atoms with Crippen molar-refractivity contribution in [3.8, 4) is 17.1 Å². The molecule has 184 valence electrons. The van der Waals surface area contributed by atoms with Gasteiger partial charge in [-0.15, -0.1) is 0 Å². The first-order valence-electron chi connectivity index (χ1n) is 12.6. The molecule has 34 heavy (non-hydrogen) atoms. The summed E-state index contributed by atoms with van der Waals surface area (Å²) in [5.41, 5.74) is 3.46. The van der Waals surface area contributed by atoms with Crippen molar-refractivity contribution in [3.63, 3.8) is 0 Å². The predicted octanol–water partition coefficient (Wildman–Crippen LogP) is 2.40. The molecule has 0 spiro atoms. The number of aromatic nitrogens is 2. The number of likely N-dealkylation sites (N-methyl/N-ethyl adjacent to an activating group) is 1. The zero-order chi connectivity index (χ0) is 23.3. The Hall–Kier alpha value is -2.26. The van der Waals surface area contributed by atoms with Gasteiger partial charge in [-0.05, 0) is 56.7 Å². The third-order valence-corrected chi connectivity index (χ3v) is 6.78. The molecule has 2 N–H and O–H groups in total. The van der Waals surface area contributed by atoms with Crippen LogP contribution in [-0.4, -0.2) is 80.9 Å². The topological polar surface area (TPSA) is 89.0 Å². The Balaban J connectivity index is 1.48. The number of aliphatic hydroxyl groups is 1. The van der Waals surface area contributed by atoms with Crippen molar-refractivity contribution < 1.29 is 19.3 Å². The van der Waals surface area contributed by atoms with Gasteiger partial charge < -0.3 is 29.5 Å². The summed E-state index contributed by atoms with van der Waals surface area (Å²) >= 11 is 0. The van der Waals surface area contributed by atoms with Gasteiger partial charge in [-0.1, -0.05) is 12.1 Å². The van der Waals surface area contributed by atoms with Crippen LogP contribution in [0.5, 0.6) is 5.75 Å². The van der Waals surface area contributed by atoms with Crippen molar-refractivity contribution in [2.75, 3.05) is 64.6 Å². The third-order valence-electron chi connectivity index (χ3n) is 6.78. The van der Waals surface area contributed by atoms with E-state index in [-0.39, 0.29) is 6.61 Å². The van der Waals surface area contributed by atoms with Crippen molar-refractivity contribution in [1.29, 1.82) is 0 Å². The van der Waals surface area contributed by atoms with Crippen LogP contribution in [-0.2, 0) is 15.9 Å². The molecule has 3 aliphatic rings. The minimum Gasteiger partial charge on any atom is -0.491 e. The van der Waals surface area contributed by atoms with Gasteiger partial charge in [-0.3, -0.25) is 0 Å². The maximum atomic E-state index is 10.00. The van der Waals surface area contributed by atoms with Gasteiger partial charge >= 0.3 is 0 Å². The molecule has 1 unspecified atom stereocenters. The van der Waals surface area contributed by atoms with Crippen LogP contribution < -0.4 is 15.0 Å². The van der Waals surface area contributed by atoms with Crippen molar-refractivity contribution in [2.24, 2.45) is 5.92 Å². The number of nitrogens with zero attached hydrogens (tertiary/aromatic N) is 3. The number of benzene rings is 1. The lowest BCUT2D eigenvalue weighted by atomic mass is 9.97. The number of rotatable bonds is 10. The Morgan fingerprint density at radius 1 is 1.15 bits per heavy atom. The van der Waals surface area contributed by atoms with Crippen LogP contribution in [0.2, 0.25) is 0 Å². The molecular weight excluding hydrogens is 432 g/mol. The van der Waals surface area contributed by atoms with E-state index in [1.165, 1.54) is 24.1 Å². The highest BCUT2D eigenvalue weighted by Crippen LogP contribution is 2.46. The van der Waals surface area contributed by atoms with E-state index in [0.717, 1.165) is 69.6 Å². The Morgan fingerprint density at radius 2 is 2.00 bits per heavy atom. The molecule has 1 aromatic heterocycles. The fourth-order valence-corrected chi connectivity index (χ4v) is 4.82. The van der Waals surface area contributed by atoms with E-state index in [0.29, 0.717) is 24.1 Å². The van der Waals surface area contributed by atoms with Crippen LogP contribution >= 0.6 is 0 Å². The van der Waals surface area contributed by atoms with Crippen LogP contribution in [0.25, 0.3) is 11.4 Å². The molecule has 2 aromatic rings. The second kappa shape index (κ2) is 11.0. The standard InChI is InChI=1S/C26H36N4O4/c1-27-15-21(31)17-34-22-4-2-3-20(14-22)25-28-23(13-18-7-10-33-16-18)24(19-5-6-19)26(29-25)30-8-11-32-12-9-30/h2-4,14,18-19,21,27,31H,5-13,15-17H2,1H3/t18-,21?/m0/s1. The Kier molecular flexibility index (Phi) is 7.59. The first-order chi connectivity index (χ1) is 16.7. The molecule has 1 saturated carbocycles. The molecule has 5 rings (SSSR count). The summed E-state index contributed by atoms with van der Waals surface area (Å²) in [4.78, 5) is 12.7. The Bertz CT molecular complexity index is 956. The smallest absolute Gasteiger partial charge is 0.161 e. The zero-order valence-electron chi connectivity index (χ0n) is 20.0. The lowest BCUT2D eigenvalue weighted by Gasteiger charge is -2.31. The monoisotopic (exact) mass is 468 g/mol. The molecule has 0 bridgehead atoms. The van der Waals surface area contributed by atoms with Gasteiger partial charge in [0, 0.05) is 44.0 Å². The zero-order valence-corrected chi connectivity index (χ0v) is 20.0. The molecule has 2 atom stereocenters. The summed E-state index contributed by atoms with van der Waals surface area (Å²) in [7, 11) is 1.81. The second-order valence-electron chi connectivity index (χ2n) is 9.59. The Morgan fingerprint density at radius 3 is 2.74 bits per heavy atom. The number of hydrogen-bond donors (Lipinski definition) is 2. The van der Waals surface area contributed by atoms with Crippen LogP contribution in [0.3, 0.4) is 0 Å². The van der Waals surface area contributed by atoms with Gasteiger partial charge in [0.25, 0.3) is 0 Å². The van der Waals surface area contributed by atoms with Crippen molar-refractivity contribution in [1.82, 2.24) is 15.3 Å². The predicted molar refractivity (Wildman–Crippen MR) is 131 cm³/mol. The SMILES string of the molecule is CNCC(O)COc1cccc(-c2nc(C[C@@H]3CCOC3)c(C3CC3)c(N3CCOCC3)n2)c1. The third kappa shape index (κ3) is 5.68. The van der Waals surface area contributed by atoms with Gasteiger partial charge in [-0.25, -0.2) is 9.97 Å². The molecule has 0 amide bonds. The Labute approximate surface area is 201 Å². The molecule has 1 aromatic carbocycles. The molecule has 2 saturated heterocycles. The minimum atomic E-state index is -0.559. The fraction of sp³-hybridized carbons (Fsp3) is 0.615. The first kappa shape index (κ1) is 23.5. The van der Waals surface area contributed by atoms with Crippen LogP contribution in [0.1, 0.15) is 36.4 Å². The maximum absolute atomic E-state index is 10.00. The van der Waals surface area contributed by atoms with Crippen LogP contribution in [0, 0.1) is 5.92 Å². The summed E-state index contributed by atoms with van der Waals surface area (Å²) in [6.07, 6.45) is 3.90. The summed E-state index contributed by atoms with van der Waals surface area (Å²) < 4.78 is 17.2. The van der Waals surface area contributed by atoms with E-state index in [2.05, 4.69) is 10.2 Å². The molecule has 2 aliphatic heterocycles. The molecule has 8 heteroatoms. The number of nitrogens with one attached hydrogen (secondary N) is 1. The van der Waals surface area contributed by atoms with Gasteiger partial charge in [-0.2, -0.15) is 0 Å². The van der Waals surface area contributed by atoms with Crippen molar-refractivity contribution in [3.05, 3.63) is 35.5 Å². The highest BCUT2D eigenvalue weighted by atomic mass is 16.5. The van der Waals surface area contributed by atoms with E-state index < -0.39 is 6.10 Å². The number of aliphatic hydroxyl groups excluding tert-OH is 1. The lowest BCUT2D eigenvalue weighted by molar-refractivity contribution is 0.108. The van der Waals surface area contributed by atoms with Crippen molar-refractivity contribution >= 4 is 5.82 Å². The van der Waals surface area contributed by atoms with E-state index in [9.17, 15) is 5.11 Å². The van der Waals surface area contributed by atoms with Gasteiger partial charge in [0.1, 0.15) is 24.3 Å². The minimum absolute atomic E-state index is 0.234. The van der Waals surface area contributed by atoms with Crippen LogP contribution in [0.4, 0.5) is 5.82 Å². The summed E-state index contributed by atoms with van der Waals surface area (Å²) in [5, 5.41) is 13.0. The molecule has 8 nitrogen and oxygen atoms in total. The molecule has 0 radical (unpaired) electrons. The van der Waals surface area contributed by atoms with Gasteiger partial charge in [0.2, 0.25) is 0 Å². The first-order valence-corrected chi connectivity index (χ1v) is 12.6. The normalized spacial score (nSPS) is 21.6. The summed E-state index contributed by atoms with van der Waals surface area (Å²) in [6, 6.07) is 7.89. The van der Waals surface area contributed by atoms with E-state index in [1.807, 2.05) is 31.3 Å². The number of ether oxygens (including phenoxy) is 3. The maximum Gasteiger partial charge on any atom is 0.161 e. The summed E-state index contributed by atoms with van der Waals surface area (Å²) in [5.74, 6) is 3.61. The second-order valence-corrected chi connectivity index (χ2v) is 9.59. The highest BCUT2D eigenvalue weighted by molar-refractivity contribution is 5.63. The fourth-order valence-electron chi connectivity index (χ4n) is 4.82. The molecular formula is C26H36N4O4. The van der Waals surface area contributed by atoms with Gasteiger partial charge in [0.05, 0.1) is 18.9 Å². The summed E-state index contributed by atoms with van der Waals surface area (Å²) in [6.45, 7) is 5.55. The number of hydrogen-bond acceptors (Lipinski definition) is 8. The highest BCUT2D eigenvalue weighted by Gasteiger charge is 2.34. The van der Waals surface area contributed by atoms with E-state index >= 15 is 0 Å². The molecule has 1 aliphatic carbocycles. The quantitative estimate of drug-likeness (QED) is 0.550. The van der Waals surface area contributed by atoms with Gasteiger partial charge in [0.15, 0.2) is 5.82 Å². The van der Waals surface area contributed by atoms with Crippen molar-refractivity contribution in [2.45, 2.75) is 37.7 Å². The largest absolute Gasteiger partial charge is 0.491 e. The van der Waals surface area contributed by atoms with E-state index in [1.54, 1.807) is 0 Å². The van der Waals surface area contributed by atoms with Crippen LogP contribution in [0.15, 0.2) is 24.3 Å². The number of anilines is 1.